The van der Waals surface area contributed by atoms with Crippen molar-refractivity contribution in [3.63, 3.8) is 0 Å². The van der Waals surface area contributed by atoms with Gasteiger partial charge in [-0.25, -0.2) is 0 Å². The first-order chi connectivity index (χ1) is 4.26. The van der Waals surface area contributed by atoms with Crippen LogP contribution >= 0.6 is 0 Å². The van der Waals surface area contributed by atoms with Gasteiger partial charge in [0, 0.05) is 0 Å². The van der Waals surface area contributed by atoms with E-state index in [1.807, 2.05) is 0 Å². The molecule has 0 atom stereocenters. The summed E-state index contributed by atoms with van der Waals surface area (Å²) in [5.41, 5.74) is 1.54. The first-order valence-electron chi connectivity index (χ1n) is 3.89. The van der Waals surface area contributed by atoms with Crippen LogP contribution in [-0.2, 0) is 0 Å². The summed E-state index contributed by atoms with van der Waals surface area (Å²) >= 11 is 0. The Morgan fingerprint density at radius 1 is 1.33 bits per heavy atom. The zero-order chi connectivity index (χ0) is 7.28. The second-order valence-corrected chi connectivity index (χ2v) is 2.55. The van der Waals surface area contributed by atoms with Gasteiger partial charge in [-0.15, -0.1) is 0 Å². The van der Waals surface area contributed by atoms with Crippen LogP contribution in [0, 0.1) is 5.92 Å². The second-order valence-electron chi connectivity index (χ2n) is 2.55. The van der Waals surface area contributed by atoms with Crippen molar-refractivity contribution in [2.75, 3.05) is 0 Å². The predicted molar refractivity (Wildman–Crippen MR) is 43.5 cm³/mol. The summed E-state index contributed by atoms with van der Waals surface area (Å²) in [6, 6.07) is 0. The van der Waals surface area contributed by atoms with E-state index < -0.39 is 0 Å². The van der Waals surface area contributed by atoms with Crippen LogP contribution in [0.1, 0.15) is 40.5 Å². The topological polar surface area (TPSA) is 0 Å². The van der Waals surface area contributed by atoms with Gasteiger partial charge >= 0.3 is 0 Å². The highest BCUT2D eigenvalue weighted by molar-refractivity contribution is 5.00. The van der Waals surface area contributed by atoms with Gasteiger partial charge in [0.1, 0.15) is 0 Å². The molecule has 0 heterocycles. The quantitative estimate of drug-likeness (QED) is 0.508. The third-order valence-electron chi connectivity index (χ3n) is 2.08. The normalized spacial score (nSPS) is 12.8. The van der Waals surface area contributed by atoms with Crippen molar-refractivity contribution in [2.45, 2.75) is 40.5 Å². The van der Waals surface area contributed by atoms with Crippen LogP contribution in [-0.4, -0.2) is 0 Å². The Kier molecular flexibility index (Phi) is 4.47. The molecule has 0 bridgehead atoms. The molecule has 0 saturated heterocycles. The molecule has 0 aromatic rings. The molecule has 9 heavy (non-hydrogen) atoms. The Morgan fingerprint density at radius 3 is 1.89 bits per heavy atom. The fourth-order valence-corrected chi connectivity index (χ4v) is 1.17. The Hall–Kier alpha value is -0.260. The monoisotopic (exact) mass is 126 g/mol. The summed E-state index contributed by atoms with van der Waals surface area (Å²) in [7, 11) is 0. The number of allylic oxidation sites excluding steroid dienone is 2. The average Bonchev–Trinajstić information content (AvgIpc) is 1.90. The van der Waals surface area contributed by atoms with E-state index in [0.29, 0.717) is 0 Å². The molecular weight excluding hydrogens is 108 g/mol. The highest BCUT2D eigenvalue weighted by Gasteiger charge is 2.02. The van der Waals surface area contributed by atoms with E-state index in [9.17, 15) is 0 Å². The standard InChI is InChI=1S/C9H18/c1-5-8(4)9(6-2)7-3/h5,9H,6-7H2,1-4H3/b8-5-. The number of hydrogen-bond acceptors (Lipinski definition) is 0. The van der Waals surface area contributed by atoms with Gasteiger partial charge in [-0.1, -0.05) is 25.5 Å². The lowest BCUT2D eigenvalue weighted by atomic mass is 9.95. The summed E-state index contributed by atoms with van der Waals surface area (Å²) in [6.07, 6.45) is 4.79. The fourth-order valence-electron chi connectivity index (χ4n) is 1.17. The van der Waals surface area contributed by atoms with Crippen LogP contribution in [0.4, 0.5) is 0 Å². The summed E-state index contributed by atoms with van der Waals surface area (Å²) < 4.78 is 0. The minimum absolute atomic E-state index is 0.829. The van der Waals surface area contributed by atoms with Crippen LogP contribution < -0.4 is 0 Å². The Labute approximate surface area is 59.0 Å². The van der Waals surface area contributed by atoms with E-state index in [4.69, 9.17) is 0 Å². The molecule has 0 amide bonds. The molecular formula is C9H18. The fraction of sp³-hybridized carbons (Fsp3) is 0.778. The second kappa shape index (κ2) is 4.60. The molecule has 0 aromatic heterocycles. The third kappa shape index (κ3) is 2.69. The van der Waals surface area contributed by atoms with Gasteiger partial charge in [0.2, 0.25) is 0 Å². The molecule has 0 N–H and O–H groups in total. The third-order valence-corrected chi connectivity index (χ3v) is 2.08. The van der Waals surface area contributed by atoms with Crippen LogP contribution in [0.25, 0.3) is 0 Å². The highest BCUT2D eigenvalue weighted by Crippen LogP contribution is 2.17. The molecule has 54 valence electrons. The van der Waals surface area contributed by atoms with E-state index in [2.05, 4.69) is 33.8 Å². The molecule has 0 rings (SSSR count). The first kappa shape index (κ1) is 8.74. The molecule has 0 unspecified atom stereocenters. The van der Waals surface area contributed by atoms with Gasteiger partial charge in [0.05, 0.1) is 0 Å². The number of hydrogen-bond donors (Lipinski definition) is 0. The zero-order valence-corrected chi connectivity index (χ0v) is 7.07. The minimum Gasteiger partial charge on any atom is -0.0885 e. The average molecular weight is 126 g/mol. The summed E-state index contributed by atoms with van der Waals surface area (Å²) in [6.45, 7) is 8.84. The van der Waals surface area contributed by atoms with E-state index in [1.54, 1.807) is 5.57 Å². The molecule has 0 saturated carbocycles. The van der Waals surface area contributed by atoms with Crippen molar-refractivity contribution in [2.24, 2.45) is 5.92 Å². The summed E-state index contributed by atoms with van der Waals surface area (Å²) in [5, 5.41) is 0. The molecule has 0 heteroatoms. The molecule has 0 aromatic carbocycles. The van der Waals surface area contributed by atoms with Crippen molar-refractivity contribution in [3.05, 3.63) is 11.6 Å². The van der Waals surface area contributed by atoms with Crippen molar-refractivity contribution >= 4 is 0 Å². The Morgan fingerprint density at radius 2 is 1.78 bits per heavy atom. The lowest BCUT2D eigenvalue weighted by molar-refractivity contribution is 0.571. The van der Waals surface area contributed by atoms with Gasteiger partial charge < -0.3 is 0 Å². The van der Waals surface area contributed by atoms with Crippen molar-refractivity contribution < 1.29 is 0 Å². The van der Waals surface area contributed by atoms with Crippen molar-refractivity contribution in [1.82, 2.24) is 0 Å². The van der Waals surface area contributed by atoms with Crippen LogP contribution in [0.5, 0.6) is 0 Å². The Bertz CT molecular complexity index is 86.2. The minimum atomic E-state index is 0.829. The zero-order valence-electron chi connectivity index (χ0n) is 7.07. The van der Waals surface area contributed by atoms with Crippen molar-refractivity contribution in [1.29, 1.82) is 0 Å². The van der Waals surface area contributed by atoms with E-state index in [1.165, 1.54) is 12.8 Å². The summed E-state index contributed by atoms with van der Waals surface area (Å²) in [5.74, 6) is 0.829. The summed E-state index contributed by atoms with van der Waals surface area (Å²) in [4.78, 5) is 0. The van der Waals surface area contributed by atoms with Gasteiger partial charge in [-0.2, -0.15) is 0 Å². The van der Waals surface area contributed by atoms with Crippen LogP contribution in [0.3, 0.4) is 0 Å². The van der Waals surface area contributed by atoms with E-state index in [0.717, 1.165) is 5.92 Å². The molecule has 0 spiro atoms. The largest absolute Gasteiger partial charge is 0.0885 e. The van der Waals surface area contributed by atoms with Crippen molar-refractivity contribution in [3.8, 4) is 0 Å². The molecule has 0 aliphatic heterocycles. The first-order valence-corrected chi connectivity index (χ1v) is 3.89. The maximum absolute atomic E-state index is 2.25. The smallest absolute Gasteiger partial charge is 0.0211 e. The molecule has 0 fully saturated rings. The molecule has 0 aliphatic rings. The Balaban J connectivity index is 3.79. The lowest BCUT2D eigenvalue weighted by Gasteiger charge is -2.11. The maximum Gasteiger partial charge on any atom is -0.0211 e. The maximum atomic E-state index is 2.25. The SMILES string of the molecule is C/C=C(/C)C(CC)CC. The molecule has 0 nitrogen and oxygen atoms in total. The van der Waals surface area contributed by atoms with Gasteiger partial charge in [-0.05, 0) is 32.6 Å². The van der Waals surface area contributed by atoms with Gasteiger partial charge in [0.15, 0.2) is 0 Å². The molecule has 0 aliphatic carbocycles. The van der Waals surface area contributed by atoms with Crippen LogP contribution in [0.2, 0.25) is 0 Å². The van der Waals surface area contributed by atoms with E-state index >= 15 is 0 Å². The van der Waals surface area contributed by atoms with Gasteiger partial charge in [0.25, 0.3) is 0 Å². The van der Waals surface area contributed by atoms with E-state index in [-0.39, 0.29) is 0 Å². The number of rotatable bonds is 3. The molecule has 0 radical (unpaired) electrons. The predicted octanol–water partition coefficient (Wildman–Crippen LogP) is 3.39. The van der Waals surface area contributed by atoms with Crippen LogP contribution in [0.15, 0.2) is 11.6 Å². The lowest BCUT2D eigenvalue weighted by Crippen LogP contribution is -1.97. The highest BCUT2D eigenvalue weighted by atomic mass is 14.1. The van der Waals surface area contributed by atoms with Gasteiger partial charge in [-0.3, -0.25) is 0 Å².